The van der Waals surface area contributed by atoms with E-state index >= 15 is 0 Å². The zero-order valence-electron chi connectivity index (χ0n) is 14.0. The molecule has 0 fully saturated rings. The van der Waals surface area contributed by atoms with Gasteiger partial charge in [-0.05, 0) is 46.3 Å². The quantitative estimate of drug-likeness (QED) is 0.515. The lowest BCUT2D eigenvalue weighted by Gasteiger charge is -2.10. The van der Waals surface area contributed by atoms with Crippen LogP contribution < -0.4 is 14.2 Å². The average molecular weight is 409 g/mol. The summed E-state index contributed by atoms with van der Waals surface area (Å²) in [6, 6.07) is 9.56. The van der Waals surface area contributed by atoms with Crippen molar-refractivity contribution in [2.45, 2.75) is 0 Å². The Morgan fingerprint density at radius 2 is 1.64 bits per heavy atom. The van der Waals surface area contributed by atoms with E-state index in [4.69, 9.17) is 18.9 Å². The molecule has 0 spiro atoms. The second-order valence-corrected chi connectivity index (χ2v) is 5.77. The van der Waals surface area contributed by atoms with E-state index < -0.39 is 12.6 Å². The zero-order valence-corrected chi connectivity index (χ0v) is 15.6. The van der Waals surface area contributed by atoms with Crippen LogP contribution in [-0.2, 0) is 4.74 Å². The largest absolute Gasteiger partial charge is 0.497 e. The highest BCUT2D eigenvalue weighted by Crippen LogP contribution is 2.27. The van der Waals surface area contributed by atoms with Crippen molar-refractivity contribution in [1.82, 2.24) is 0 Å². The zero-order chi connectivity index (χ0) is 18.4. The number of benzene rings is 2. The summed E-state index contributed by atoms with van der Waals surface area (Å²) in [7, 11) is 4.50. The molecule has 0 saturated carbocycles. The summed E-state index contributed by atoms with van der Waals surface area (Å²) in [4.78, 5) is 24.4. The van der Waals surface area contributed by atoms with Crippen LogP contribution in [0.3, 0.4) is 0 Å². The lowest BCUT2D eigenvalue weighted by Crippen LogP contribution is -2.15. The highest BCUT2D eigenvalue weighted by molar-refractivity contribution is 9.10. The summed E-state index contributed by atoms with van der Waals surface area (Å²) in [5.41, 5.74) is 0.620. The predicted molar refractivity (Wildman–Crippen MR) is 94.9 cm³/mol. The Balaban J connectivity index is 2.07. The molecule has 6 nitrogen and oxygen atoms in total. The van der Waals surface area contributed by atoms with Gasteiger partial charge in [0.2, 0.25) is 5.78 Å². The molecular weight excluding hydrogens is 392 g/mol. The molecule has 132 valence electrons. The van der Waals surface area contributed by atoms with Crippen molar-refractivity contribution in [1.29, 1.82) is 0 Å². The maximum Gasteiger partial charge on any atom is 0.338 e. The van der Waals surface area contributed by atoms with Crippen LogP contribution in [0.25, 0.3) is 0 Å². The number of halogens is 1. The molecule has 2 aromatic rings. The number of rotatable bonds is 7. The Bertz CT molecular complexity index is 787. The van der Waals surface area contributed by atoms with Gasteiger partial charge in [-0.1, -0.05) is 0 Å². The van der Waals surface area contributed by atoms with Crippen molar-refractivity contribution in [3.05, 3.63) is 52.0 Å². The van der Waals surface area contributed by atoms with Gasteiger partial charge in [0.15, 0.2) is 6.61 Å². The minimum atomic E-state index is -0.607. The molecule has 2 aromatic carbocycles. The van der Waals surface area contributed by atoms with Crippen LogP contribution in [0.4, 0.5) is 0 Å². The first-order chi connectivity index (χ1) is 12.0. The monoisotopic (exact) mass is 408 g/mol. The average Bonchev–Trinajstić information content (AvgIpc) is 2.65. The number of esters is 1. The molecule has 0 atom stereocenters. The maximum absolute atomic E-state index is 12.3. The predicted octanol–water partition coefficient (Wildman–Crippen LogP) is 3.51. The van der Waals surface area contributed by atoms with E-state index in [0.717, 1.165) is 0 Å². The summed E-state index contributed by atoms with van der Waals surface area (Å²) in [5, 5.41) is 0. The van der Waals surface area contributed by atoms with Crippen LogP contribution in [0.5, 0.6) is 17.2 Å². The molecule has 0 heterocycles. The molecule has 0 unspecified atom stereocenters. The summed E-state index contributed by atoms with van der Waals surface area (Å²) >= 11 is 3.30. The van der Waals surface area contributed by atoms with Crippen LogP contribution in [-0.4, -0.2) is 39.7 Å². The number of carbonyl (C=O) groups excluding carboxylic acids is 2. The molecular formula is C18H17BrO6. The lowest BCUT2D eigenvalue weighted by molar-refractivity contribution is 0.0474. The normalized spacial score (nSPS) is 10.1. The van der Waals surface area contributed by atoms with Crippen molar-refractivity contribution < 1.29 is 28.5 Å². The van der Waals surface area contributed by atoms with Crippen molar-refractivity contribution in [3.8, 4) is 17.2 Å². The first-order valence-corrected chi connectivity index (χ1v) is 8.05. The first-order valence-electron chi connectivity index (χ1n) is 7.26. The Morgan fingerprint density at radius 3 is 2.24 bits per heavy atom. The topological polar surface area (TPSA) is 71.1 Å². The minimum Gasteiger partial charge on any atom is -0.497 e. The number of hydrogen-bond donors (Lipinski definition) is 0. The highest BCUT2D eigenvalue weighted by Gasteiger charge is 2.17. The fourth-order valence-electron chi connectivity index (χ4n) is 2.11. The molecule has 0 aliphatic rings. The molecule has 0 N–H and O–H groups in total. The van der Waals surface area contributed by atoms with Crippen LogP contribution in [0.15, 0.2) is 40.9 Å². The van der Waals surface area contributed by atoms with E-state index in [2.05, 4.69) is 15.9 Å². The number of ketones is 1. The number of carbonyl (C=O) groups is 2. The van der Waals surface area contributed by atoms with Gasteiger partial charge in [-0.2, -0.15) is 0 Å². The molecule has 0 amide bonds. The molecule has 25 heavy (non-hydrogen) atoms. The van der Waals surface area contributed by atoms with Gasteiger partial charge in [0.05, 0.1) is 36.9 Å². The molecule has 7 heteroatoms. The molecule has 0 aliphatic heterocycles. The third-order valence-corrected chi connectivity index (χ3v) is 4.05. The van der Waals surface area contributed by atoms with Gasteiger partial charge >= 0.3 is 5.97 Å². The Labute approximate surface area is 153 Å². The fourth-order valence-corrected chi connectivity index (χ4v) is 2.66. The molecule has 2 rings (SSSR count). The summed E-state index contributed by atoms with van der Waals surface area (Å²) < 4.78 is 21.1. The summed E-state index contributed by atoms with van der Waals surface area (Å²) in [5.74, 6) is 0.529. The van der Waals surface area contributed by atoms with Crippen molar-refractivity contribution >= 4 is 27.7 Å². The van der Waals surface area contributed by atoms with Crippen LogP contribution in [0.1, 0.15) is 20.7 Å². The van der Waals surface area contributed by atoms with E-state index in [1.807, 2.05) is 0 Å². The van der Waals surface area contributed by atoms with Gasteiger partial charge in [0, 0.05) is 6.07 Å². The molecule has 0 bridgehead atoms. The maximum atomic E-state index is 12.3. The smallest absolute Gasteiger partial charge is 0.338 e. The van der Waals surface area contributed by atoms with E-state index in [9.17, 15) is 9.59 Å². The van der Waals surface area contributed by atoms with Gasteiger partial charge in [0.1, 0.15) is 17.2 Å². The number of methoxy groups -OCH3 is 3. The standard InChI is InChI=1S/C18H17BrO6/c1-22-12-5-6-13(17(9-12)24-3)15(20)10-25-18(21)11-4-7-16(23-2)14(19)8-11/h4-9H,10H2,1-3H3. The van der Waals surface area contributed by atoms with Gasteiger partial charge in [-0.15, -0.1) is 0 Å². The van der Waals surface area contributed by atoms with E-state index in [1.54, 1.807) is 36.4 Å². The fraction of sp³-hybridized carbons (Fsp3) is 0.222. The SMILES string of the molecule is COc1ccc(C(=O)COC(=O)c2ccc(OC)c(Br)c2)c(OC)c1. The highest BCUT2D eigenvalue weighted by atomic mass is 79.9. The molecule has 0 aromatic heterocycles. The van der Waals surface area contributed by atoms with E-state index in [-0.39, 0.29) is 5.78 Å². The summed E-state index contributed by atoms with van der Waals surface area (Å²) in [6.45, 7) is -0.398. The lowest BCUT2D eigenvalue weighted by atomic mass is 10.1. The summed E-state index contributed by atoms with van der Waals surface area (Å²) in [6.07, 6.45) is 0. The number of ether oxygens (including phenoxy) is 4. The Kier molecular flexibility index (Phi) is 6.41. The third kappa shape index (κ3) is 4.51. The van der Waals surface area contributed by atoms with Crippen molar-refractivity contribution in [2.75, 3.05) is 27.9 Å². The first kappa shape index (κ1) is 18.8. The number of hydrogen-bond acceptors (Lipinski definition) is 6. The molecule has 0 radical (unpaired) electrons. The van der Waals surface area contributed by atoms with E-state index in [0.29, 0.717) is 32.8 Å². The Morgan fingerprint density at radius 1 is 0.920 bits per heavy atom. The van der Waals surface area contributed by atoms with Crippen LogP contribution >= 0.6 is 15.9 Å². The number of Topliss-reactive ketones (excluding diaryl/α,β-unsaturated/α-hetero) is 1. The van der Waals surface area contributed by atoms with Gasteiger partial charge in [-0.25, -0.2) is 4.79 Å². The van der Waals surface area contributed by atoms with Gasteiger partial charge < -0.3 is 18.9 Å². The molecule has 0 saturated heterocycles. The van der Waals surface area contributed by atoms with Crippen molar-refractivity contribution in [2.24, 2.45) is 0 Å². The Hall–Kier alpha value is -2.54. The van der Waals surface area contributed by atoms with E-state index in [1.165, 1.54) is 21.3 Å². The second kappa shape index (κ2) is 8.53. The van der Waals surface area contributed by atoms with Crippen LogP contribution in [0.2, 0.25) is 0 Å². The molecule has 0 aliphatic carbocycles. The van der Waals surface area contributed by atoms with Gasteiger partial charge in [-0.3, -0.25) is 4.79 Å². The second-order valence-electron chi connectivity index (χ2n) is 4.91. The third-order valence-electron chi connectivity index (χ3n) is 3.43. The minimum absolute atomic E-state index is 0.308. The van der Waals surface area contributed by atoms with Crippen LogP contribution in [0, 0.1) is 0 Å². The van der Waals surface area contributed by atoms with Gasteiger partial charge in [0.25, 0.3) is 0 Å². The van der Waals surface area contributed by atoms with Crippen molar-refractivity contribution in [3.63, 3.8) is 0 Å².